The normalized spacial score (nSPS) is 19.0. The van der Waals surface area contributed by atoms with Crippen LogP contribution in [0.25, 0.3) is 10.9 Å². The zero-order chi connectivity index (χ0) is 13.4. The molecule has 1 aromatic carbocycles. The average Bonchev–Trinajstić information content (AvgIpc) is 2.87. The molecular weight excluding hydrogens is 245 g/mol. The van der Waals surface area contributed by atoms with Gasteiger partial charge in [0.1, 0.15) is 5.82 Å². The third-order valence-corrected chi connectivity index (χ3v) is 3.61. The van der Waals surface area contributed by atoms with Crippen LogP contribution in [0.5, 0.6) is 0 Å². The fraction of sp³-hybridized carbons (Fsp3) is 0.286. The van der Waals surface area contributed by atoms with Crippen LogP contribution >= 0.6 is 0 Å². The van der Waals surface area contributed by atoms with Crippen molar-refractivity contribution in [2.24, 2.45) is 11.7 Å². The number of primary amides is 1. The Kier molecular flexibility index (Phi) is 2.81. The molecule has 3 rings (SSSR count). The monoisotopic (exact) mass is 259 g/mol. The number of carbonyl (C=O) groups excluding carboxylic acids is 1. The molecule has 2 heterocycles. The molecule has 1 amide bonds. The van der Waals surface area contributed by atoms with Gasteiger partial charge in [0.05, 0.1) is 11.4 Å². The highest BCUT2D eigenvalue weighted by Crippen LogP contribution is 2.30. The lowest BCUT2D eigenvalue weighted by atomic mass is 10.1. The van der Waals surface area contributed by atoms with Crippen LogP contribution in [0.15, 0.2) is 30.5 Å². The molecule has 1 atom stereocenters. The Labute approximate surface area is 110 Å². The number of fused-ring (bicyclic) bond motifs is 1. The van der Waals surface area contributed by atoms with Crippen molar-refractivity contribution >= 4 is 22.5 Å². The zero-order valence-corrected chi connectivity index (χ0v) is 10.3. The van der Waals surface area contributed by atoms with Gasteiger partial charge in [-0.1, -0.05) is 0 Å². The Bertz CT molecular complexity index is 644. The van der Waals surface area contributed by atoms with Crippen LogP contribution in [0, 0.1) is 11.7 Å². The van der Waals surface area contributed by atoms with E-state index in [1.54, 1.807) is 12.3 Å². The van der Waals surface area contributed by atoms with Gasteiger partial charge in [0.15, 0.2) is 0 Å². The van der Waals surface area contributed by atoms with E-state index in [-0.39, 0.29) is 17.6 Å². The SMILES string of the molecule is NC(=O)C1CCN(c2ccnc3cc(F)ccc23)C1. The summed E-state index contributed by atoms with van der Waals surface area (Å²) in [6, 6.07) is 6.46. The molecule has 0 radical (unpaired) electrons. The number of halogens is 1. The molecule has 0 aliphatic carbocycles. The Hall–Kier alpha value is -2.17. The second kappa shape index (κ2) is 4.50. The Morgan fingerprint density at radius 1 is 1.42 bits per heavy atom. The van der Waals surface area contributed by atoms with Gasteiger partial charge in [-0.15, -0.1) is 0 Å². The number of amides is 1. The highest BCUT2D eigenvalue weighted by molar-refractivity contribution is 5.92. The Morgan fingerprint density at radius 3 is 3.00 bits per heavy atom. The van der Waals surface area contributed by atoms with E-state index in [1.165, 1.54) is 12.1 Å². The molecule has 98 valence electrons. The molecule has 1 aliphatic rings. The first kappa shape index (κ1) is 11.9. The zero-order valence-electron chi connectivity index (χ0n) is 10.3. The number of aromatic nitrogens is 1. The van der Waals surface area contributed by atoms with Gasteiger partial charge in [-0.3, -0.25) is 9.78 Å². The largest absolute Gasteiger partial charge is 0.370 e. The summed E-state index contributed by atoms with van der Waals surface area (Å²) in [6.45, 7) is 1.40. The highest BCUT2D eigenvalue weighted by Gasteiger charge is 2.27. The van der Waals surface area contributed by atoms with Gasteiger partial charge in [0.25, 0.3) is 0 Å². The predicted molar refractivity (Wildman–Crippen MR) is 71.2 cm³/mol. The number of nitrogens with two attached hydrogens (primary N) is 1. The van der Waals surface area contributed by atoms with Crippen molar-refractivity contribution in [3.8, 4) is 0 Å². The molecule has 0 bridgehead atoms. The summed E-state index contributed by atoms with van der Waals surface area (Å²) < 4.78 is 13.2. The van der Waals surface area contributed by atoms with Crippen LogP contribution in [0.1, 0.15) is 6.42 Å². The number of carbonyl (C=O) groups is 1. The fourth-order valence-electron chi connectivity index (χ4n) is 2.59. The molecule has 4 nitrogen and oxygen atoms in total. The lowest BCUT2D eigenvalue weighted by Crippen LogP contribution is -2.27. The summed E-state index contributed by atoms with van der Waals surface area (Å²) in [5, 5.41) is 0.897. The van der Waals surface area contributed by atoms with Crippen molar-refractivity contribution in [2.45, 2.75) is 6.42 Å². The second-order valence-electron chi connectivity index (χ2n) is 4.83. The minimum atomic E-state index is -0.298. The van der Waals surface area contributed by atoms with E-state index in [2.05, 4.69) is 9.88 Å². The van der Waals surface area contributed by atoms with Gasteiger partial charge in [0.2, 0.25) is 5.91 Å². The second-order valence-corrected chi connectivity index (χ2v) is 4.83. The van der Waals surface area contributed by atoms with E-state index in [0.717, 1.165) is 24.0 Å². The van der Waals surface area contributed by atoms with Crippen LogP contribution in [0.4, 0.5) is 10.1 Å². The molecular formula is C14H14FN3O. The highest BCUT2D eigenvalue weighted by atomic mass is 19.1. The van der Waals surface area contributed by atoms with Crippen LogP contribution in [-0.4, -0.2) is 24.0 Å². The molecule has 1 aromatic heterocycles. The minimum Gasteiger partial charge on any atom is -0.370 e. The summed E-state index contributed by atoms with van der Waals surface area (Å²) in [5.74, 6) is -0.663. The lowest BCUT2D eigenvalue weighted by Gasteiger charge is -2.20. The van der Waals surface area contributed by atoms with Crippen molar-refractivity contribution in [3.63, 3.8) is 0 Å². The molecule has 1 aliphatic heterocycles. The number of hydrogen-bond acceptors (Lipinski definition) is 3. The molecule has 1 unspecified atom stereocenters. The molecule has 19 heavy (non-hydrogen) atoms. The van der Waals surface area contributed by atoms with Gasteiger partial charge < -0.3 is 10.6 Å². The summed E-state index contributed by atoms with van der Waals surface area (Å²) in [4.78, 5) is 17.5. The molecule has 5 heteroatoms. The number of benzene rings is 1. The minimum absolute atomic E-state index is 0.108. The van der Waals surface area contributed by atoms with Crippen molar-refractivity contribution in [1.29, 1.82) is 0 Å². The maximum Gasteiger partial charge on any atom is 0.222 e. The first-order valence-electron chi connectivity index (χ1n) is 6.23. The van der Waals surface area contributed by atoms with E-state index in [4.69, 9.17) is 5.73 Å². The molecule has 2 aromatic rings. The van der Waals surface area contributed by atoms with Crippen LogP contribution in [-0.2, 0) is 4.79 Å². The van der Waals surface area contributed by atoms with Crippen LogP contribution in [0.2, 0.25) is 0 Å². The number of rotatable bonds is 2. The van der Waals surface area contributed by atoms with Crippen LogP contribution < -0.4 is 10.6 Å². The van der Waals surface area contributed by atoms with Gasteiger partial charge in [-0.2, -0.15) is 0 Å². The molecule has 0 saturated carbocycles. The number of hydrogen-bond donors (Lipinski definition) is 1. The Morgan fingerprint density at radius 2 is 2.26 bits per heavy atom. The van der Waals surface area contributed by atoms with Gasteiger partial charge in [0, 0.05) is 36.4 Å². The van der Waals surface area contributed by atoms with E-state index in [9.17, 15) is 9.18 Å². The third-order valence-electron chi connectivity index (χ3n) is 3.61. The summed E-state index contributed by atoms with van der Waals surface area (Å²) >= 11 is 0. The molecule has 0 spiro atoms. The van der Waals surface area contributed by atoms with E-state index < -0.39 is 0 Å². The lowest BCUT2D eigenvalue weighted by molar-refractivity contribution is -0.121. The van der Waals surface area contributed by atoms with Crippen molar-refractivity contribution in [2.75, 3.05) is 18.0 Å². The summed E-state index contributed by atoms with van der Waals surface area (Å²) in [5.41, 5.74) is 6.95. The predicted octanol–water partition coefficient (Wildman–Crippen LogP) is 1.69. The molecule has 1 saturated heterocycles. The number of anilines is 1. The van der Waals surface area contributed by atoms with Gasteiger partial charge in [-0.25, -0.2) is 4.39 Å². The standard InChI is InChI=1S/C14H14FN3O/c15-10-1-2-11-12(7-10)17-5-3-13(11)18-6-4-9(8-18)14(16)19/h1-3,5,7,9H,4,6,8H2,(H2,16,19). The fourth-order valence-corrected chi connectivity index (χ4v) is 2.59. The van der Waals surface area contributed by atoms with Gasteiger partial charge >= 0.3 is 0 Å². The van der Waals surface area contributed by atoms with Crippen molar-refractivity contribution < 1.29 is 9.18 Å². The smallest absolute Gasteiger partial charge is 0.222 e. The van der Waals surface area contributed by atoms with Gasteiger partial charge in [-0.05, 0) is 24.6 Å². The summed E-state index contributed by atoms with van der Waals surface area (Å²) in [7, 11) is 0. The topological polar surface area (TPSA) is 59.2 Å². The number of nitrogens with zero attached hydrogens (tertiary/aromatic N) is 2. The quantitative estimate of drug-likeness (QED) is 0.892. The average molecular weight is 259 g/mol. The summed E-state index contributed by atoms with van der Waals surface area (Å²) in [6.07, 6.45) is 2.43. The maximum absolute atomic E-state index is 13.2. The third kappa shape index (κ3) is 2.12. The first-order chi connectivity index (χ1) is 9.15. The number of pyridine rings is 1. The van der Waals surface area contributed by atoms with E-state index in [0.29, 0.717) is 12.1 Å². The first-order valence-corrected chi connectivity index (χ1v) is 6.23. The molecule has 2 N–H and O–H groups in total. The Balaban J connectivity index is 2.00. The molecule has 1 fully saturated rings. The maximum atomic E-state index is 13.2. The van der Waals surface area contributed by atoms with E-state index in [1.807, 2.05) is 6.07 Å². The van der Waals surface area contributed by atoms with Crippen molar-refractivity contribution in [1.82, 2.24) is 4.98 Å². The van der Waals surface area contributed by atoms with Crippen LogP contribution in [0.3, 0.4) is 0 Å². The van der Waals surface area contributed by atoms with Crippen molar-refractivity contribution in [3.05, 3.63) is 36.3 Å². The van der Waals surface area contributed by atoms with E-state index >= 15 is 0 Å².